The van der Waals surface area contributed by atoms with Gasteiger partial charge in [0.25, 0.3) is 0 Å². The predicted octanol–water partition coefficient (Wildman–Crippen LogP) is 14.7. The Morgan fingerprint density at radius 3 is 1.27 bits per heavy atom. The Hall–Kier alpha value is -3.17. The minimum atomic E-state index is -6.04. The fourth-order valence-electron chi connectivity index (χ4n) is 9.97. The molecule has 2 unspecified atom stereocenters. The van der Waals surface area contributed by atoms with E-state index in [9.17, 15) is 9.59 Å². The quantitative estimate of drug-likeness (QED) is 0.0818. The third-order valence-electron chi connectivity index (χ3n) is 13.1. The van der Waals surface area contributed by atoms with Gasteiger partial charge in [-0.25, -0.2) is 0 Å². The van der Waals surface area contributed by atoms with Crippen molar-refractivity contribution in [3.8, 4) is 22.3 Å². The Labute approximate surface area is 369 Å². The molecule has 4 aromatic carbocycles. The van der Waals surface area contributed by atoms with Crippen molar-refractivity contribution >= 4 is 45.5 Å². The molecule has 0 radical (unpaired) electrons. The number of benzene rings is 4. The van der Waals surface area contributed by atoms with Gasteiger partial charge in [0.1, 0.15) is 0 Å². The molecule has 317 valence electrons. The van der Waals surface area contributed by atoms with Gasteiger partial charge in [0.2, 0.25) is 0 Å². The Morgan fingerprint density at radius 1 is 0.517 bits per heavy atom. The summed E-state index contributed by atoms with van der Waals surface area (Å²) in [5.74, 6) is -0.352. The summed E-state index contributed by atoms with van der Waals surface area (Å²) in [4.78, 5) is 27.7. The van der Waals surface area contributed by atoms with Crippen LogP contribution in [0.1, 0.15) is 159 Å². The van der Waals surface area contributed by atoms with E-state index in [1.165, 1.54) is 44.5 Å². The first kappa shape index (κ1) is 46.3. The molecular weight excluding hydrogens is 858 g/mol. The molecule has 0 aromatic heterocycles. The van der Waals surface area contributed by atoms with Crippen LogP contribution in [0.4, 0.5) is 0 Å². The zero-order valence-electron chi connectivity index (χ0n) is 36.9. The van der Waals surface area contributed by atoms with Gasteiger partial charge in [-0.3, -0.25) is 0 Å². The number of hydrogen-bond donors (Lipinski definition) is 2. The Bertz CT molecular complexity index is 2080. The molecule has 2 atom stereocenters. The topological polar surface area (TPSA) is 58.2 Å². The molecule has 0 aliphatic heterocycles. The van der Waals surface area contributed by atoms with Crippen molar-refractivity contribution in [3.63, 3.8) is 0 Å². The molecule has 0 fully saturated rings. The van der Waals surface area contributed by atoms with Gasteiger partial charge in [-0.2, -0.15) is 0 Å². The van der Waals surface area contributed by atoms with Crippen LogP contribution in [0.15, 0.2) is 96.1 Å². The summed E-state index contributed by atoms with van der Waals surface area (Å²) in [7, 11) is 18.1. The summed E-state index contributed by atoms with van der Waals surface area (Å²) in [6.07, 6.45) is 17.4. The van der Waals surface area contributed by atoms with Crippen molar-refractivity contribution in [3.05, 3.63) is 129 Å². The zero-order valence-corrected chi connectivity index (χ0v) is 40.9. The van der Waals surface area contributed by atoms with Crippen LogP contribution < -0.4 is 10.5 Å². The summed E-state index contributed by atoms with van der Waals surface area (Å²) in [5, 5.41) is 6.69. The predicted molar refractivity (Wildman–Crippen MR) is 256 cm³/mol. The van der Waals surface area contributed by atoms with Crippen LogP contribution in [0.25, 0.3) is 34.4 Å². The third kappa shape index (κ3) is 9.28. The van der Waals surface area contributed by atoms with Crippen LogP contribution in [0.2, 0.25) is 0 Å². The van der Waals surface area contributed by atoms with Gasteiger partial charge in [-0.1, -0.05) is 0 Å². The number of nitrogens with one attached hydrogen (secondary N) is 2. The molecule has 0 heterocycles. The molecule has 0 bridgehead atoms. The monoisotopic (exact) mass is 921 g/mol. The normalized spacial score (nSPS) is 16.3. The summed E-state index contributed by atoms with van der Waals surface area (Å²) < 4.78 is -1.68. The molecule has 60 heavy (non-hydrogen) atoms. The SMILES string of the molecule is CCCCC1=Cc2c(-c3ccccc3CCCC)cccc2[CH]1[Zr]([Cl])([Cl])([B](NC(=O)CC)NC(=O)CC)[CH]1C(CCCC)=Cc2c(-c3ccccc3CCCC)cccc21. The van der Waals surface area contributed by atoms with E-state index in [-0.39, 0.29) is 31.9 Å². The molecule has 0 spiro atoms. The zero-order chi connectivity index (χ0) is 42.9. The number of allylic oxidation sites excluding steroid dienone is 2. The van der Waals surface area contributed by atoms with E-state index >= 15 is 0 Å². The van der Waals surface area contributed by atoms with Crippen LogP contribution in [0.3, 0.4) is 0 Å². The number of halogens is 2. The summed E-state index contributed by atoms with van der Waals surface area (Å²) in [5.41, 5.74) is 14.5. The second-order valence-corrected chi connectivity index (χ2v) is 38.6. The average Bonchev–Trinajstić information content (AvgIpc) is 3.86. The molecule has 6 rings (SSSR count). The Morgan fingerprint density at radius 2 is 0.883 bits per heavy atom. The van der Waals surface area contributed by atoms with E-state index in [2.05, 4.69) is 135 Å². The number of carbonyl (C=O) groups is 2. The number of carbonyl (C=O) groups excluding carboxylic acids is 2. The molecule has 0 saturated heterocycles. The van der Waals surface area contributed by atoms with Gasteiger partial charge < -0.3 is 0 Å². The molecule has 0 saturated carbocycles. The Balaban J connectivity index is 1.69. The fourth-order valence-corrected chi connectivity index (χ4v) is 30.7. The van der Waals surface area contributed by atoms with Crippen molar-refractivity contribution in [1.82, 2.24) is 10.5 Å². The second kappa shape index (κ2) is 20.8. The number of unbranched alkanes of at least 4 members (excludes halogenated alkanes) is 4. The number of rotatable bonds is 21. The van der Waals surface area contributed by atoms with Crippen molar-refractivity contribution in [1.29, 1.82) is 0 Å². The molecule has 4 aromatic rings. The number of amides is 2. The number of fused-ring (bicyclic) bond motifs is 2. The van der Waals surface area contributed by atoms with E-state index < -0.39 is 20.7 Å². The number of aryl methyl sites for hydroxylation is 2. The number of hydrogen-bond acceptors (Lipinski definition) is 2. The van der Waals surface area contributed by atoms with E-state index in [0.717, 1.165) is 99.3 Å². The first-order valence-electron chi connectivity index (χ1n) is 23.0. The van der Waals surface area contributed by atoms with E-state index in [1.54, 1.807) is 0 Å². The van der Waals surface area contributed by atoms with E-state index in [0.29, 0.717) is 0 Å². The summed E-state index contributed by atoms with van der Waals surface area (Å²) in [6.45, 7) is 12.6. The fraction of sp³-hybridized carbons (Fsp3) is 0.423. The molecule has 2 aliphatic carbocycles. The van der Waals surface area contributed by atoms with Crippen LogP contribution in [-0.2, 0) is 38.6 Å². The Kier molecular flexibility index (Phi) is 16.1. The van der Waals surface area contributed by atoms with Crippen molar-refractivity contribution < 1.29 is 25.8 Å². The van der Waals surface area contributed by atoms with E-state index in [4.69, 9.17) is 17.0 Å². The van der Waals surface area contributed by atoms with Crippen molar-refractivity contribution in [2.45, 2.75) is 139 Å². The van der Waals surface area contributed by atoms with Crippen molar-refractivity contribution in [2.75, 3.05) is 0 Å². The van der Waals surface area contributed by atoms with Gasteiger partial charge in [-0.05, 0) is 0 Å². The first-order chi connectivity index (χ1) is 29.0. The van der Waals surface area contributed by atoms with Crippen LogP contribution >= 0.6 is 17.0 Å². The van der Waals surface area contributed by atoms with Crippen molar-refractivity contribution in [2.24, 2.45) is 0 Å². The maximum atomic E-state index is 13.9. The second-order valence-electron chi connectivity index (χ2n) is 17.2. The van der Waals surface area contributed by atoms with Gasteiger partial charge in [0.05, 0.1) is 0 Å². The maximum absolute atomic E-state index is 13.9. The molecular formula is C52H66BCl2N2O2Zr. The first-order valence-corrected chi connectivity index (χ1v) is 33.6. The molecule has 2 aliphatic rings. The standard InChI is InChI=1S/2C23H27.C6H11BN2O2.2ClH.Zr/c2*1-3-5-10-18-16-20-13-9-15-22(23(20)17-18)21-14-8-7-12-19(21)11-6-4-2;1-3-5(10)8-7-9-6(11)4-2;;;/h2*7-9,12-17H,3-6,10-11H2,1-2H3;3-4H2,1-2H3,(H-,8,9,10,11);2*1H;/q;;;;;+1/p-1. The van der Waals surface area contributed by atoms with Gasteiger partial charge >= 0.3 is 372 Å². The van der Waals surface area contributed by atoms with Gasteiger partial charge in [0, 0.05) is 0 Å². The van der Waals surface area contributed by atoms with Crippen LogP contribution in [0.5, 0.6) is 0 Å². The van der Waals surface area contributed by atoms with Crippen LogP contribution in [-0.4, -0.2) is 16.3 Å². The van der Waals surface area contributed by atoms with Crippen LogP contribution in [0, 0.1) is 0 Å². The van der Waals surface area contributed by atoms with E-state index in [1.807, 2.05) is 13.8 Å². The average molecular weight is 924 g/mol. The van der Waals surface area contributed by atoms with Gasteiger partial charge in [-0.15, -0.1) is 0 Å². The minimum absolute atomic E-state index is 0.176. The third-order valence-corrected chi connectivity index (χ3v) is 33.0. The van der Waals surface area contributed by atoms with Gasteiger partial charge in [0.15, 0.2) is 0 Å². The molecule has 2 N–H and O–H groups in total. The molecule has 4 nitrogen and oxygen atoms in total. The molecule has 2 amide bonds. The summed E-state index contributed by atoms with van der Waals surface area (Å²) >= 11 is -6.04. The summed E-state index contributed by atoms with van der Waals surface area (Å²) in [6, 6.07) is 30.9. The molecule has 8 heteroatoms.